The minimum absolute atomic E-state index is 0.249. The number of fused-ring (bicyclic) bond motifs is 1. The van der Waals surface area contributed by atoms with E-state index in [1.165, 1.54) is 0 Å². The van der Waals surface area contributed by atoms with Crippen molar-refractivity contribution in [1.82, 2.24) is 15.0 Å². The van der Waals surface area contributed by atoms with Gasteiger partial charge < -0.3 is 15.1 Å². The van der Waals surface area contributed by atoms with E-state index < -0.39 is 6.10 Å². The van der Waals surface area contributed by atoms with Gasteiger partial charge in [0.15, 0.2) is 0 Å². The van der Waals surface area contributed by atoms with Crippen molar-refractivity contribution in [2.75, 3.05) is 0 Å². The molecule has 0 amide bonds. The van der Waals surface area contributed by atoms with E-state index in [0.29, 0.717) is 5.52 Å². The average molecular weight is 241 g/mol. The minimum Gasteiger partial charge on any atom is -0.384 e. The molecule has 0 bridgehead atoms. The molecule has 0 fully saturated rings. The van der Waals surface area contributed by atoms with E-state index in [2.05, 4.69) is 15.0 Å². The monoisotopic (exact) mass is 241 g/mol. The second kappa shape index (κ2) is 4.12. The van der Waals surface area contributed by atoms with E-state index >= 15 is 0 Å². The molecule has 18 heavy (non-hydrogen) atoms. The van der Waals surface area contributed by atoms with Crippen LogP contribution in [0.5, 0.6) is 0 Å². The van der Waals surface area contributed by atoms with Crippen LogP contribution in [0.25, 0.3) is 11.0 Å². The fourth-order valence-corrected chi connectivity index (χ4v) is 1.96. The van der Waals surface area contributed by atoms with Gasteiger partial charge in [0.2, 0.25) is 0 Å². The summed E-state index contributed by atoms with van der Waals surface area (Å²) in [6.45, 7) is 0. The van der Waals surface area contributed by atoms with Gasteiger partial charge in [-0.25, -0.2) is 4.79 Å². The van der Waals surface area contributed by atoms with Crippen LogP contribution in [0.4, 0.5) is 0 Å². The number of benzene rings is 1. The molecule has 0 aliphatic heterocycles. The molecular formula is C13H11N3O2. The Hall–Kier alpha value is -2.40. The Labute approximate surface area is 102 Å². The molecule has 0 saturated heterocycles. The van der Waals surface area contributed by atoms with Crippen LogP contribution in [-0.2, 0) is 0 Å². The number of aliphatic hydroxyl groups excluding tert-OH is 1. The summed E-state index contributed by atoms with van der Waals surface area (Å²) >= 11 is 0. The van der Waals surface area contributed by atoms with Crippen molar-refractivity contribution in [2.45, 2.75) is 6.10 Å². The van der Waals surface area contributed by atoms with Crippen LogP contribution < -0.4 is 5.69 Å². The fraction of sp³-hybridized carbons (Fsp3) is 0.0769. The van der Waals surface area contributed by atoms with Crippen LogP contribution >= 0.6 is 0 Å². The Morgan fingerprint density at radius 3 is 2.50 bits per heavy atom. The lowest BCUT2D eigenvalue weighted by Crippen LogP contribution is -2.00. The molecule has 3 aromatic rings. The van der Waals surface area contributed by atoms with Crippen molar-refractivity contribution in [3.05, 3.63) is 64.3 Å². The highest BCUT2D eigenvalue weighted by Gasteiger charge is 2.11. The van der Waals surface area contributed by atoms with Gasteiger partial charge >= 0.3 is 5.69 Å². The summed E-state index contributed by atoms with van der Waals surface area (Å²) in [5, 5.41) is 10.2. The zero-order chi connectivity index (χ0) is 12.5. The minimum atomic E-state index is -0.726. The Balaban J connectivity index is 2.06. The van der Waals surface area contributed by atoms with Crippen LogP contribution in [0, 0.1) is 0 Å². The van der Waals surface area contributed by atoms with Gasteiger partial charge in [0.05, 0.1) is 11.0 Å². The Kier molecular flexibility index (Phi) is 2.46. The van der Waals surface area contributed by atoms with Crippen LogP contribution in [-0.4, -0.2) is 20.1 Å². The van der Waals surface area contributed by atoms with Crippen LogP contribution in [0.3, 0.4) is 0 Å². The van der Waals surface area contributed by atoms with Crippen molar-refractivity contribution in [3.63, 3.8) is 0 Å². The number of nitrogens with one attached hydrogen (secondary N) is 2. The number of aromatic nitrogens is 3. The number of hydrogen-bond donors (Lipinski definition) is 3. The van der Waals surface area contributed by atoms with Crippen LogP contribution in [0.1, 0.15) is 17.2 Å². The summed E-state index contributed by atoms with van der Waals surface area (Å²) in [6.07, 6.45) is 2.54. The van der Waals surface area contributed by atoms with Gasteiger partial charge in [-0.15, -0.1) is 0 Å². The lowest BCUT2D eigenvalue weighted by molar-refractivity contribution is 0.220. The summed E-state index contributed by atoms with van der Waals surface area (Å²) in [5.74, 6) is 0. The average Bonchev–Trinajstić information content (AvgIpc) is 2.78. The zero-order valence-electron chi connectivity index (χ0n) is 9.42. The molecule has 2 heterocycles. The molecule has 0 spiro atoms. The first-order chi connectivity index (χ1) is 8.74. The van der Waals surface area contributed by atoms with Crippen molar-refractivity contribution in [3.8, 4) is 0 Å². The highest BCUT2D eigenvalue weighted by Crippen LogP contribution is 2.23. The van der Waals surface area contributed by atoms with E-state index in [0.717, 1.165) is 16.6 Å². The summed E-state index contributed by atoms with van der Waals surface area (Å²) in [6, 6.07) is 8.84. The maximum atomic E-state index is 11.2. The van der Waals surface area contributed by atoms with E-state index in [-0.39, 0.29) is 5.69 Å². The molecule has 1 aromatic carbocycles. The van der Waals surface area contributed by atoms with Crippen molar-refractivity contribution < 1.29 is 5.11 Å². The third kappa shape index (κ3) is 1.80. The van der Waals surface area contributed by atoms with Gasteiger partial charge in [0.25, 0.3) is 0 Å². The Morgan fingerprint density at radius 1 is 1.00 bits per heavy atom. The Morgan fingerprint density at radius 2 is 1.72 bits per heavy atom. The molecule has 1 unspecified atom stereocenters. The molecule has 5 nitrogen and oxygen atoms in total. The molecule has 5 heteroatoms. The quantitative estimate of drug-likeness (QED) is 0.633. The normalized spacial score (nSPS) is 12.7. The second-order valence-corrected chi connectivity index (χ2v) is 4.07. The Bertz CT molecular complexity index is 731. The zero-order valence-corrected chi connectivity index (χ0v) is 9.42. The molecule has 0 aliphatic rings. The molecule has 0 saturated carbocycles. The molecule has 1 atom stereocenters. The molecule has 3 rings (SSSR count). The van der Waals surface area contributed by atoms with E-state index in [1.54, 1.807) is 42.7 Å². The van der Waals surface area contributed by atoms with Crippen molar-refractivity contribution in [2.24, 2.45) is 0 Å². The number of rotatable bonds is 2. The SMILES string of the molecule is O=c1[nH]c2ccc(C(O)c3ccncc3)cc2[nH]1. The largest absolute Gasteiger partial charge is 0.384 e. The standard InChI is InChI=1S/C13H11N3O2/c17-12(8-3-5-14-6-4-8)9-1-2-10-11(7-9)16-13(18)15-10/h1-7,12,17H,(H2,15,16,18). The third-order valence-electron chi connectivity index (χ3n) is 2.88. The number of aromatic amines is 2. The second-order valence-electron chi connectivity index (χ2n) is 4.07. The number of H-pyrrole nitrogens is 2. The number of pyridine rings is 1. The van der Waals surface area contributed by atoms with Crippen molar-refractivity contribution >= 4 is 11.0 Å². The lowest BCUT2D eigenvalue weighted by atomic mass is 10.0. The molecule has 90 valence electrons. The van der Waals surface area contributed by atoms with E-state index in [4.69, 9.17) is 0 Å². The summed E-state index contributed by atoms with van der Waals surface area (Å²) in [7, 11) is 0. The number of nitrogens with zero attached hydrogens (tertiary/aromatic N) is 1. The van der Waals surface area contributed by atoms with Gasteiger partial charge in [-0.05, 0) is 35.4 Å². The van der Waals surface area contributed by atoms with Gasteiger partial charge in [-0.2, -0.15) is 0 Å². The third-order valence-corrected chi connectivity index (χ3v) is 2.88. The van der Waals surface area contributed by atoms with Gasteiger partial charge in [-0.1, -0.05) is 6.07 Å². The first kappa shape index (κ1) is 10.7. The van der Waals surface area contributed by atoms with Crippen LogP contribution in [0.15, 0.2) is 47.5 Å². The predicted octanol–water partition coefficient (Wildman–Crippen LogP) is 1.33. The first-order valence-corrected chi connectivity index (χ1v) is 5.54. The van der Waals surface area contributed by atoms with Crippen molar-refractivity contribution in [1.29, 1.82) is 0 Å². The van der Waals surface area contributed by atoms with Crippen LogP contribution in [0.2, 0.25) is 0 Å². The molecular weight excluding hydrogens is 230 g/mol. The van der Waals surface area contributed by atoms with Gasteiger partial charge in [0.1, 0.15) is 6.10 Å². The lowest BCUT2D eigenvalue weighted by Gasteiger charge is -2.10. The molecule has 0 aliphatic carbocycles. The summed E-state index contributed by atoms with van der Waals surface area (Å²) in [4.78, 5) is 20.4. The van der Waals surface area contributed by atoms with E-state index in [9.17, 15) is 9.90 Å². The first-order valence-electron chi connectivity index (χ1n) is 5.54. The maximum absolute atomic E-state index is 11.2. The topological polar surface area (TPSA) is 81.8 Å². The molecule has 2 aromatic heterocycles. The smallest absolute Gasteiger partial charge is 0.323 e. The number of imidazole rings is 1. The summed E-state index contributed by atoms with van der Waals surface area (Å²) in [5.41, 5.74) is 2.66. The summed E-state index contributed by atoms with van der Waals surface area (Å²) < 4.78 is 0. The van der Waals surface area contributed by atoms with Gasteiger partial charge in [0, 0.05) is 12.4 Å². The molecule has 3 N–H and O–H groups in total. The molecule has 0 radical (unpaired) electrons. The van der Waals surface area contributed by atoms with Gasteiger partial charge in [-0.3, -0.25) is 4.98 Å². The maximum Gasteiger partial charge on any atom is 0.323 e. The highest BCUT2D eigenvalue weighted by atomic mass is 16.3. The number of hydrogen-bond acceptors (Lipinski definition) is 3. The predicted molar refractivity (Wildman–Crippen MR) is 67.2 cm³/mol. The highest BCUT2D eigenvalue weighted by molar-refractivity contribution is 5.75. The fourth-order valence-electron chi connectivity index (χ4n) is 1.96. The number of aliphatic hydroxyl groups is 1. The van der Waals surface area contributed by atoms with E-state index in [1.807, 2.05) is 0 Å².